The molecule has 1 aromatic carbocycles. The Bertz CT molecular complexity index is 367. The van der Waals surface area contributed by atoms with Crippen molar-refractivity contribution in [2.24, 2.45) is 0 Å². The van der Waals surface area contributed by atoms with Crippen molar-refractivity contribution in [2.45, 2.75) is 40.0 Å². The monoisotopic (exact) mass is 253 g/mol. The van der Waals surface area contributed by atoms with Crippen LogP contribution in [0.4, 0.5) is 5.69 Å². The molecule has 0 unspecified atom stereocenters. The van der Waals surface area contributed by atoms with Crippen LogP contribution in [0.1, 0.15) is 37.5 Å². The van der Waals surface area contributed by atoms with Gasteiger partial charge in [0.05, 0.1) is 0 Å². The first-order valence-corrected chi connectivity index (χ1v) is 6.69. The Morgan fingerprint density at radius 3 is 1.94 bits per heavy atom. The van der Waals surface area contributed by atoms with E-state index in [-0.39, 0.29) is 5.41 Å². The number of benzene rings is 1. The van der Waals surface area contributed by atoms with Crippen molar-refractivity contribution < 1.29 is 0 Å². The van der Waals surface area contributed by atoms with E-state index in [1.807, 2.05) is 0 Å². The van der Waals surface area contributed by atoms with E-state index >= 15 is 0 Å². The van der Waals surface area contributed by atoms with Crippen LogP contribution in [0.25, 0.3) is 0 Å². The Morgan fingerprint density at radius 2 is 1.59 bits per heavy atom. The number of aryl methyl sites for hydroxylation is 2. The van der Waals surface area contributed by atoms with Gasteiger partial charge in [0.15, 0.2) is 0 Å². The van der Waals surface area contributed by atoms with Gasteiger partial charge in [-0.15, -0.1) is 11.6 Å². The maximum absolute atomic E-state index is 5.81. The first kappa shape index (κ1) is 14.4. The van der Waals surface area contributed by atoms with E-state index in [4.69, 9.17) is 11.6 Å². The molecule has 0 aliphatic rings. The normalized spacial score (nSPS) is 11.7. The van der Waals surface area contributed by atoms with Crippen LogP contribution in [-0.2, 0) is 5.41 Å². The maximum Gasteiger partial charge on any atom is 0.0423 e. The summed E-state index contributed by atoms with van der Waals surface area (Å²) in [5, 5.41) is 0. The van der Waals surface area contributed by atoms with E-state index < -0.39 is 0 Å². The van der Waals surface area contributed by atoms with Crippen LogP contribution in [0.5, 0.6) is 0 Å². The molecule has 0 aliphatic heterocycles. The first-order chi connectivity index (χ1) is 7.77. The molecule has 1 rings (SSSR count). The van der Waals surface area contributed by atoms with Crippen molar-refractivity contribution in [2.75, 3.05) is 24.4 Å². The van der Waals surface area contributed by atoms with Gasteiger partial charge in [0, 0.05) is 25.2 Å². The lowest BCUT2D eigenvalue weighted by Crippen LogP contribution is -2.22. The van der Waals surface area contributed by atoms with Gasteiger partial charge in [-0.1, -0.05) is 32.9 Å². The van der Waals surface area contributed by atoms with E-state index in [1.165, 1.54) is 22.4 Å². The molecule has 0 saturated carbocycles. The lowest BCUT2D eigenvalue weighted by Gasteiger charge is -2.27. The molecule has 0 radical (unpaired) electrons. The molecular weight excluding hydrogens is 230 g/mol. The highest BCUT2D eigenvalue weighted by molar-refractivity contribution is 6.18. The molecule has 0 saturated heterocycles. The molecule has 1 aromatic rings. The zero-order valence-corrected chi connectivity index (χ0v) is 12.7. The van der Waals surface area contributed by atoms with Gasteiger partial charge >= 0.3 is 0 Å². The number of hydrogen-bond acceptors (Lipinski definition) is 1. The lowest BCUT2D eigenvalue weighted by molar-refractivity contribution is 0.589. The standard InChI is InChI=1S/C15H24ClN/c1-11-9-13(15(3,4)5)10-12(2)14(11)17(6)8-7-16/h9-10H,7-8H2,1-6H3. The average Bonchev–Trinajstić information content (AvgIpc) is 2.15. The van der Waals surface area contributed by atoms with Gasteiger partial charge in [-0.3, -0.25) is 0 Å². The summed E-state index contributed by atoms with van der Waals surface area (Å²) in [7, 11) is 2.11. The Kier molecular flexibility index (Phi) is 4.48. The van der Waals surface area contributed by atoms with E-state index in [1.54, 1.807) is 0 Å². The summed E-state index contributed by atoms with van der Waals surface area (Å²) >= 11 is 5.81. The van der Waals surface area contributed by atoms with Crippen LogP contribution >= 0.6 is 11.6 Å². The van der Waals surface area contributed by atoms with Gasteiger partial charge in [0.2, 0.25) is 0 Å². The Morgan fingerprint density at radius 1 is 1.12 bits per heavy atom. The summed E-state index contributed by atoms with van der Waals surface area (Å²) in [5.41, 5.74) is 5.60. The summed E-state index contributed by atoms with van der Waals surface area (Å²) in [6, 6.07) is 4.60. The smallest absolute Gasteiger partial charge is 0.0423 e. The predicted molar refractivity (Wildman–Crippen MR) is 78.6 cm³/mol. The number of halogens is 1. The molecule has 0 aromatic heterocycles. The highest BCUT2D eigenvalue weighted by Crippen LogP contribution is 2.31. The highest BCUT2D eigenvalue weighted by Gasteiger charge is 2.17. The van der Waals surface area contributed by atoms with Crippen LogP contribution in [0.3, 0.4) is 0 Å². The van der Waals surface area contributed by atoms with Gasteiger partial charge in [-0.05, 0) is 36.0 Å². The second kappa shape index (κ2) is 5.30. The third kappa shape index (κ3) is 3.38. The molecule has 2 heteroatoms. The Balaban J connectivity index is 3.20. The van der Waals surface area contributed by atoms with E-state index in [0.717, 1.165) is 6.54 Å². The molecule has 96 valence electrons. The molecule has 0 atom stereocenters. The van der Waals surface area contributed by atoms with Crippen molar-refractivity contribution in [3.8, 4) is 0 Å². The summed E-state index contributed by atoms with van der Waals surface area (Å²) < 4.78 is 0. The van der Waals surface area contributed by atoms with E-state index in [9.17, 15) is 0 Å². The quantitative estimate of drug-likeness (QED) is 0.727. The molecule has 0 N–H and O–H groups in total. The molecule has 0 spiro atoms. The van der Waals surface area contributed by atoms with Crippen LogP contribution < -0.4 is 4.90 Å². The second-order valence-corrected chi connectivity index (χ2v) is 6.20. The average molecular weight is 254 g/mol. The van der Waals surface area contributed by atoms with Crippen molar-refractivity contribution in [3.63, 3.8) is 0 Å². The van der Waals surface area contributed by atoms with Gasteiger partial charge in [0.1, 0.15) is 0 Å². The van der Waals surface area contributed by atoms with Gasteiger partial charge in [-0.25, -0.2) is 0 Å². The number of alkyl halides is 1. The summed E-state index contributed by atoms with van der Waals surface area (Å²) in [6.07, 6.45) is 0. The third-order valence-electron chi connectivity index (χ3n) is 3.16. The van der Waals surface area contributed by atoms with Crippen molar-refractivity contribution in [1.29, 1.82) is 0 Å². The van der Waals surface area contributed by atoms with Crippen molar-refractivity contribution in [3.05, 3.63) is 28.8 Å². The minimum atomic E-state index is 0.207. The lowest BCUT2D eigenvalue weighted by atomic mass is 9.84. The third-order valence-corrected chi connectivity index (χ3v) is 3.33. The fourth-order valence-corrected chi connectivity index (χ4v) is 2.48. The Hall–Kier alpha value is -0.690. The highest BCUT2D eigenvalue weighted by atomic mass is 35.5. The summed E-state index contributed by atoms with van der Waals surface area (Å²) in [4.78, 5) is 2.24. The van der Waals surface area contributed by atoms with Crippen LogP contribution in [0.15, 0.2) is 12.1 Å². The fourth-order valence-electron chi connectivity index (χ4n) is 2.23. The molecular formula is C15H24ClN. The zero-order chi connectivity index (χ0) is 13.2. The predicted octanol–water partition coefficient (Wildman–Crippen LogP) is 4.28. The summed E-state index contributed by atoms with van der Waals surface area (Å²) in [6.45, 7) is 12.0. The molecule has 0 aliphatic carbocycles. The van der Waals surface area contributed by atoms with Gasteiger partial charge < -0.3 is 4.90 Å². The zero-order valence-electron chi connectivity index (χ0n) is 11.9. The molecule has 17 heavy (non-hydrogen) atoms. The maximum atomic E-state index is 5.81. The molecule has 0 bridgehead atoms. The minimum absolute atomic E-state index is 0.207. The molecule has 0 heterocycles. The minimum Gasteiger partial charge on any atom is -0.373 e. The van der Waals surface area contributed by atoms with E-state index in [0.29, 0.717) is 5.88 Å². The van der Waals surface area contributed by atoms with Gasteiger partial charge in [-0.2, -0.15) is 0 Å². The largest absolute Gasteiger partial charge is 0.373 e. The number of anilines is 1. The molecule has 0 fully saturated rings. The van der Waals surface area contributed by atoms with Crippen LogP contribution in [0, 0.1) is 13.8 Å². The number of rotatable bonds is 3. The Labute approximate surface area is 111 Å². The van der Waals surface area contributed by atoms with Crippen LogP contribution in [0.2, 0.25) is 0 Å². The molecule has 0 amide bonds. The van der Waals surface area contributed by atoms with Crippen molar-refractivity contribution >= 4 is 17.3 Å². The van der Waals surface area contributed by atoms with Crippen molar-refractivity contribution in [1.82, 2.24) is 0 Å². The van der Waals surface area contributed by atoms with E-state index in [2.05, 4.69) is 58.7 Å². The topological polar surface area (TPSA) is 3.24 Å². The number of nitrogens with zero attached hydrogens (tertiary/aromatic N) is 1. The number of hydrogen-bond donors (Lipinski definition) is 0. The first-order valence-electron chi connectivity index (χ1n) is 6.16. The van der Waals surface area contributed by atoms with Gasteiger partial charge in [0.25, 0.3) is 0 Å². The summed E-state index contributed by atoms with van der Waals surface area (Å²) in [5.74, 6) is 0.663. The molecule has 1 nitrogen and oxygen atoms in total. The SMILES string of the molecule is Cc1cc(C(C)(C)C)cc(C)c1N(C)CCCl. The van der Waals surface area contributed by atoms with Crippen LogP contribution in [-0.4, -0.2) is 19.5 Å². The fraction of sp³-hybridized carbons (Fsp3) is 0.600. The second-order valence-electron chi connectivity index (χ2n) is 5.82.